The molecule has 0 amide bonds. The van der Waals surface area contributed by atoms with Crippen molar-refractivity contribution >= 4 is 33.3 Å². The van der Waals surface area contributed by atoms with E-state index >= 15 is 0 Å². The van der Waals surface area contributed by atoms with Gasteiger partial charge in [0.1, 0.15) is 17.0 Å². The molecule has 2 N–H and O–H groups in total. The minimum Gasteiger partial charge on any atom is -0.368 e. The maximum Gasteiger partial charge on any atom is 0.222 e. The van der Waals surface area contributed by atoms with Crippen LogP contribution in [0, 0.1) is 0 Å². The van der Waals surface area contributed by atoms with E-state index in [1.807, 2.05) is 11.4 Å². The summed E-state index contributed by atoms with van der Waals surface area (Å²) in [6.45, 7) is 1.46. The lowest BCUT2D eigenvalue weighted by Crippen LogP contribution is -2.15. The quantitative estimate of drug-likeness (QED) is 0.692. The van der Waals surface area contributed by atoms with Crippen LogP contribution in [-0.4, -0.2) is 33.0 Å². The Morgan fingerprint density at radius 2 is 1.84 bits per heavy atom. The highest BCUT2D eigenvalue weighted by Crippen LogP contribution is 2.23. The molecule has 0 aliphatic carbocycles. The van der Waals surface area contributed by atoms with E-state index in [1.54, 1.807) is 36.1 Å². The van der Waals surface area contributed by atoms with E-state index in [0.29, 0.717) is 5.95 Å². The number of nitrogens with zero attached hydrogens (tertiary/aromatic N) is 4. The molecule has 0 saturated heterocycles. The van der Waals surface area contributed by atoms with E-state index in [2.05, 4.69) is 30.6 Å². The summed E-state index contributed by atoms with van der Waals surface area (Å²) in [5, 5.41) is 9.49. The Labute approximate surface area is 114 Å². The molecule has 3 aromatic rings. The van der Waals surface area contributed by atoms with Crippen molar-refractivity contribution in [3.63, 3.8) is 0 Å². The first-order valence-corrected chi connectivity index (χ1v) is 6.74. The van der Waals surface area contributed by atoms with Crippen LogP contribution < -0.4 is 10.6 Å². The van der Waals surface area contributed by atoms with E-state index in [-0.39, 0.29) is 0 Å². The van der Waals surface area contributed by atoms with Gasteiger partial charge in [0.25, 0.3) is 0 Å². The van der Waals surface area contributed by atoms with Gasteiger partial charge in [-0.05, 0) is 17.5 Å². The molecule has 3 rings (SSSR count). The standard InChI is InChI=1S/C12H12N6S/c1-3-14-12(15-4-1)16-6-5-13-10-9-2-7-19-11(9)18-8-17-10/h1-4,7-8H,5-6H2,(H,13,17,18)(H,14,15,16). The maximum atomic E-state index is 4.25. The summed E-state index contributed by atoms with van der Waals surface area (Å²) in [4.78, 5) is 17.6. The van der Waals surface area contributed by atoms with E-state index in [4.69, 9.17) is 0 Å². The minimum absolute atomic E-state index is 0.632. The lowest BCUT2D eigenvalue weighted by atomic mass is 10.4. The molecule has 0 saturated carbocycles. The Hall–Kier alpha value is -2.28. The molecular formula is C12H12N6S. The summed E-state index contributed by atoms with van der Waals surface area (Å²) in [5.74, 6) is 1.50. The van der Waals surface area contributed by atoms with Gasteiger partial charge in [0, 0.05) is 25.5 Å². The molecule has 0 bridgehead atoms. The summed E-state index contributed by atoms with van der Waals surface area (Å²) in [5.41, 5.74) is 0. The van der Waals surface area contributed by atoms with Gasteiger partial charge >= 0.3 is 0 Å². The van der Waals surface area contributed by atoms with Gasteiger partial charge in [-0.25, -0.2) is 19.9 Å². The van der Waals surface area contributed by atoms with Gasteiger partial charge in [-0.15, -0.1) is 11.3 Å². The molecule has 6 nitrogen and oxygen atoms in total. The number of aromatic nitrogens is 4. The van der Waals surface area contributed by atoms with Gasteiger partial charge in [-0.3, -0.25) is 0 Å². The zero-order chi connectivity index (χ0) is 12.9. The SMILES string of the molecule is c1cnc(NCCNc2ncnc3sccc23)nc1. The Morgan fingerprint density at radius 1 is 1.00 bits per heavy atom. The number of thiophene rings is 1. The maximum absolute atomic E-state index is 4.25. The highest BCUT2D eigenvalue weighted by Gasteiger charge is 2.03. The second kappa shape index (κ2) is 5.57. The average molecular weight is 272 g/mol. The molecule has 0 fully saturated rings. The Kier molecular flexibility index (Phi) is 3.46. The molecule has 96 valence electrons. The van der Waals surface area contributed by atoms with Crippen molar-refractivity contribution in [2.75, 3.05) is 23.7 Å². The summed E-state index contributed by atoms with van der Waals surface area (Å²) in [6.07, 6.45) is 5.00. The van der Waals surface area contributed by atoms with Gasteiger partial charge in [0.2, 0.25) is 5.95 Å². The van der Waals surface area contributed by atoms with Crippen molar-refractivity contribution in [2.24, 2.45) is 0 Å². The molecule has 7 heteroatoms. The van der Waals surface area contributed by atoms with Gasteiger partial charge in [-0.1, -0.05) is 0 Å². The number of rotatable bonds is 5. The first kappa shape index (κ1) is 11.8. The molecule has 19 heavy (non-hydrogen) atoms. The number of fused-ring (bicyclic) bond motifs is 1. The molecule has 0 atom stereocenters. The molecule has 0 aliphatic heterocycles. The van der Waals surface area contributed by atoms with Crippen molar-refractivity contribution in [3.05, 3.63) is 36.2 Å². The van der Waals surface area contributed by atoms with Gasteiger partial charge in [-0.2, -0.15) is 0 Å². The first-order chi connectivity index (χ1) is 9.43. The van der Waals surface area contributed by atoms with Crippen LogP contribution in [0.1, 0.15) is 0 Å². The van der Waals surface area contributed by atoms with E-state index < -0.39 is 0 Å². The van der Waals surface area contributed by atoms with Crippen molar-refractivity contribution in [2.45, 2.75) is 0 Å². The third-order valence-corrected chi connectivity index (χ3v) is 3.35. The third kappa shape index (κ3) is 2.76. The summed E-state index contributed by atoms with van der Waals surface area (Å²) in [7, 11) is 0. The molecule has 3 heterocycles. The van der Waals surface area contributed by atoms with Crippen LogP contribution in [0.15, 0.2) is 36.2 Å². The van der Waals surface area contributed by atoms with Crippen molar-refractivity contribution in [1.29, 1.82) is 0 Å². The number of hydrogen-bond acceptors (Lipinski definition) is 7. The van der Waals surface area contributed by atoms with Gasteiger partial charge in [0.05, 0.1) is 5.39 Å². The van der Waals surface area contributed by atoms with Crippen LogP contribution in [0.4, 0.5) is 11.8 Å². The lowest BCUT2D eigenvalue weighted by Gasteiger charge is -2.07. The Balaban J connectivity index is 1.57. The van der Waals surface area contributed by atoms with Crippen LogP contribution in [0.3, 0.4) is 0 Å². The van der Waals surface area contributed by atoms with Crippen molar-refractivity contribution in [1.82, 2.24) is 19.9 Å². The normalized spacial score (nSPS) is 10.5. The van der Waals surface area contributed by atoms with Crippen LogP contribution >= 0.6 is 11.3 Å². The fourth-order valence-electron chi connectivity index (χ4n) is 1.68. The van der Waals surface area contributed by atoms with Crippen LogP contribution in [0.2, 0.25) is 0 Å². The Morgan fingerprint density at radius 3 is 2.74 bits per heavy atom. The van der Waals surface area contributed by atoms with Crippen molar-refractivity contribution < 1.29 is 0 Å². The van der Waals surface area contributed by atoms with Crippen LogP contribution in [0.25, 0.3) is 10.2 Å². The predicted octanol–water partition coefficient (Wildman–Crippen LogP) is 2.01. The Bertz CT molecular complexity index is 653. The smallest absolute Gasteiger partial charge is 0.222 e. The minimum atomic E-state index is 0.632. The highest BCUT2D eigenvalue weighted by atomic mass is 32.1. The number of anilines is 2. The number of hydrogen-bond donors (Lipinski definition) is 2. The van der Waals surface area contributed by atoms with E-state index in [1.165, 1.54) is 0 Å². The summed E-state index contributed by atoms with van der Waals surface area (Å²) in [6, 6.07) is 3.81. The topological polar surface area (TPSA) is 75.6 Å². The fraction of sp³-hybridized carbons (Fsp3) is 0.167. The molecular weight excluding hydrogens is 260 g/mol. The molecule has 0 aromatic carbocycles. The highest BCUT2D eigenvalue weighted by molar-refractivity contribution is 7.16. The molecule has 0 unspecified atom stereocenters. The average Bonchev–Trinajstić information content (AvgIpc) is 2.94. The van der Waals surface area contributed by atoms with Crippen molar-refractivity contribution in [3.8, 4) is 0 Å². The molecule has 0 aliphatic rings. The van der Waals surface area contributed by atoms with Crippen LogP contribution in [0.5, 0.6) is 0 Å². The largest absolute Gasteiger partial charge is 0.368 e. The van der Waals surface area contributed by atoms with E-state index in [9.17, 15) is 0 Å². The zero-order valence-corrected chi connectivity index (χ0v) is 10.9. The lowest BCUT2D eigenvalue weighted by molar-refractivity contribution is 1.02. The van der Waals surface area contributed by atoms with Gasteiger partial charge in [0.15, 0.2) is 0 Å². The molecule has 0 spiro atoms. The van der Waals surface area contributed by atoms with Crippen LogP contribution in [-0.2, 0) is 0 Å². The number of nitrogens with one attached hydrogen (secondary N) is 2. The zero-order valence-electron chi connectivity index (χ0n) is 10.1. The van der Waals surface area contributed by atoms with Gasteiger partial charge < -0.3 is 10.6 Å². The monoisotopic (exact) mass is 272 g/mol. The molecule has 3 aromatic heterocycles. The fourth-order valence-corrected chi connectivity index (χ4v) is 2.41. The first-order valence-electron chi connectivity index (χ1n) is 5.86. The summed E-state index contributed by atoms with van der Waals surface area (Å²) >= 11 is 1.61. The summed E-state index contributed by atoms with van der Waals surface area (Å²) < 4.78 is 0. The second-order valence-corrected chi connectivity index (χ2v) is 4.68. The predicted molar refractivity (Wildman–Crippen MR) is 76.4 cm³/mol. The second-order valence-electron chi connectivity index (χ2n) is 3.79. The van der Waals surface area contributed by atoms with E-state index in [0.717, 1.165) is 29.1 Å². The molecule has 0 radical (unpaired) electrons. The third-order valence-electron chi connectivity index (χ3n) is 2.53.